The van der Waals surface area contributed by atoms with Gasteiger partial charge in [-0.1, -0.05) is 12.1 Å². The van der Waals surface area contributed by atoms with Gasteiger partial charge in [0, 0.05) is 19.3 Å². The lowest BCUT2D eigenvalue weighted by Crippen LogP contribution is -2.40. The predicted octanol–water partition coefficient (Wildman–Crippen LogP) is 3.23. The summed E-state index contributed by atoms with van der Waals surface area (Å²) in [5.74, 6) is 0.918. The van der Waals surface area contributed by atoms with Gasteiger partial charge in [0.15, 0.2) is 0 Å². The monoisotopic (exact) mass is 502 g/mol. The maximum Gasteiger partial charge on any atom is 0.416 e. The van der Waals surface area contributed by atoms with Crippen LogP contribution in [0, 0.1) is 5.92 Å². The molecule has 5 rings (SSSR count). The molecule has 1 unspecified atom stereocenters. The molecule has 8 nitrogen and oxygen atoms in total. The maximum atomic E-state index is 13.0. The molecule has 2 aliphatic rings. The Balaban J connectivity index is 1.36. The smallest absolute Gasteiger partial charge is 0.377 e. The Labute approximate surface area is 206 Å². The van der Waals surface area contributed by atoms with E-state index in [1.165, 1.54) is 12.1 Å². The van der Waals surface area contributed by atoms with Crippen LogP contribution in [0.15, 0.2) is 42.9 Å². The van der Waals surface area contributed by atoms with E-state index in [9.17, 15) is 18.0 Å². The first-order valence-electron chi connectivity index (χ1n) is 12.1. The van der Waals surface area contributed by atoms with E-state index in [4.69, 9.17) is 10.5 Å². The molecule has 4 heterocycles. The topological polar surface area (TPSA) is 89.5 Å². The minimum Gasteiger partial charge on any atom is -0.377 e. The number of carbonyl (C=O) groups excluding carboxylic acids is 1. The SMILES string of the molecule is NC(=O)CN1CCC(Cn2ccc3c(N4CCOCC4c4ccc(C(F)(F)F)cc4)ncnc32)CC1. The first-order chi connectivity index (χ1) is 17.3. The van der Waals surface area contributed by atoms with E-state index in [-0.39, 0.29) is 11.9 Å². The number of halogens is 3. The number of anilines is 1. The number of nitrogens with zero attached hydrogens (tertiary/aromatic N) is 5. The summed E-state index contributed by atoms with van der Waals surface area (Å²) in [5.41, 5.74) is 6.23. The van der Waals surface area contributed by atoms with Gasteiger partial charge in [-0.2, -0.15) is 13.2 Å². The fourth-order valence-electron chi connectivity index (χ4n) is 5.22. The highest BCUT2D eigenvalue weighted by Gasteiger charge is 2.32. The second-order valence-corrected chi connectivity index (χ2v) is 9.49. The number of nitrogens with two attached hydrogens (primary N) is 1. The van der Waals surface area contributed by atoms with Crippen molar-refractivity contribution in [1.29, 1.82) is 0 Å². The van der Waals surface area contributed by atoms with Crippen LogP contribution in [-0.4, -0.2) is 64.7 Å². The van der Waals surface area contributed by atoms with Crippen LogP contribution in [0.5, 0.6) is 0 Å². The summed E-state index contributed by atoms with van der Waals surface area (Å²) in [7, 11) is 0. The number of primary amides is 1. The molecule has 2 aromatic heterocycles. The molecule has 2 saturated heterocycles. The lowest BCUT2D eigenvalue weighted by Gasteiger charge is -2.37. The van der Waals surface area contributed by atoms with Crippen molar-refractivity contribution in [2.24, 2.45) is 11.7 Å². The summed E-state index contributed by atoms with van der Waals surface area (Å²) >= 11 is 0. The van der Waals surface area contributed by atoms with Gasteiger partial charge in [0.1, 0.15) is 17.8 Å². The van der Waals surface area contributed by atoms with Gasteiger partial charge in [-0.25, -0.2) is 9.97 Å². The molecule has 36 heavy (non-hydrogen) atoms. The van der Waals surface area contributed by atoms with Crippen molar-refractivity contribution in [1.82, 2.24) is 19.4 Å². The number of hydrogen-bond donors (Lipinski definition) is 1. The molecule has 1 atom stereocenters. The van der Waals surface area contributed by atoms with Crippen molar-refractivity contribution >= 4 is 22.8 Å². The number of aromatic nitrogens is 3. The molecule has 2 fully saturated rings. The van der Waals surface area contributed by atoms with Gasteiger partial charge in [0.25, 0.3) is 0 Å². The summed E-state index contributed by atoms with van der Waals surface area (Å²) in [5, 5.41) is 0.905. The Morgan fingerprint density at radius 3 is 2.53 bits per heavy atom. The standard InChI is InChI=1S/C25H29F3N6O2/c26-25(27,28)19-3-1-18(2-4-19)21-15-36-12-11-34(21)24-20-7-10-33(23(20)30-16-31-24)13-17-5-8-32(9-6-17)14-22(29)35/h1-4,7,10,16-17,21H,5-6,8-9,11-15H2,(H2,29,35). The minimum absolute atomic E-state index is 0.253. The highest BCUT2D eigenvalue weighted by atomic mass is 19.4. The van der Waals surface area contributed by atoms with E-state index in [2.05, 4.69) is 24.3 Å². The highest BCUT2D eigenvalue weighted by molar-refractivity contribution is 5.88. The van der Waals surface area contributed by atoms with E-state index >= 15 is 0 Å². The molecule has 192 valence electrons. The highest BCUT2D eigenvalue weighted by Crippen LogP contribution is 2.35. The molecule has 0 aliphatic carbocycles. The van der Waals surface area contributed by atoms with Crippen molar-refractivity contribution < 1.29 is 22.7 Å². The number of benzene rings is 1. The molecule has 3 aromatic rings. The Morgan fingerprint density at radius 1 is 1.08 bits per heavy atom. The molecule has 1 aromatic carbocycles. The fourth-order valence-corrected chi connectivity index (χ4v) is 5.22. The van der Waals surface area contributed by atoms with Crippen LogP contribution in [0.4, 0.5) is 19.0 Å². The van der Waals surface area contributed by atoms with Crippen LogP contribution in [0.1, 0.15) is 30.0 Å². The number of ether oxygens (including phenoxy) is 1. The number of piperidine rings is 1. The first kappa shape index (κ1) is 24.5. The van der Waals surface area contributed by atoms with Gasteiger partial charge in [0.2, 0.25) is 5.91 Å². The van der Waals surface area contributed by atoms with Crippen LogP contribution in [0.2, 0.25) is 0 Å². The number of carbonyl (C=O) groups is 1. The fraction of sp³-hybridized carbons (Fsp3) is 0.480. The largest absolute Gasteiger partial charge is 0.416 e. The zero-order chi connectivity index (χ0) is 25.3. The van der Waals surface area contributed by atoms with Gasteiger partial charge in [-0.05, 0) is 55.6 Å². The molecule has 11 heteroatoms. The molecule has 0 radical (unpaired) electrons. The van der Waals surface area contributed by atoms with Gasteiger partial charge in [-0.3, -0.25) is 9.69 Å². The minimum atomic E-state index is -4.37. The molecule has 0 spiro atoms. The Bertz CT molecular complexity index is 1200. The number of rotatable bonds is 6. The zero-order valence-electron chi connectivity index (χ0n) is 19.8. The Hall–Kier alpha value is -3.18. The van der Waals surface area contributed by atoms with Crippen molar-refractivity contribution in [3.05, 3.63) is 54.0 Å². The Kier molecular flexibility index (Phi) is 6.85. The van der Waals surface area contributed by atoms with E-state index in [1.54, 1.807) is 6.33 Å². The lowest BCUT2D eigenvalue weighted by atomic mass is 9.96. The number of alkyl halides is 3. The van der Waals surface area contributed by atoms with Gasteiger partial charge < -0.3 is 19.9 Å². The predicted molar refractivity (Wildman–Crippen MR) is 128 cm³/mol. The third-order valence-corrected chi connectivity index (χ3v) is 7.10. The van der Waals surface area contributed by atoms with E-state index in [1.807, 2.05) is 12.3 Å². The molecule has 2 N–H and O–H groups in total. The quantitative estimate of drug-likeness (QED) is 0.557. The van der Waals surface area contributed by atoms with Gasteiger partial charge >= 0.3 is 6.18 Å². The molecule has 0 bridgehead atoms. The molecule has 1 amide bonds. The van der Waals surface area contributed by atoms with Crippen molar-refractivity contribution in [2.75, 3.05) is 44.3 Å². The van der Waals surface area contributed by atoms with Crippen molar-refractivity contribution in [3.8, 4) is 0 Å². The summed E-state index contributed by atoms with van der Waals surface area (Å²) in [6.45, 7) is 4.24. The van der Waals surface area contributed by atoms with Crippen LogP contribution in [0.3, 0.4) is 0 Å². The van der Waals surface area contributed by atoms with Crippen LogP contribution in [0.25, 0.3) is 11.0 Å². The average Bonchev–Trinajstić information content (AvgIpc) is 3.27. The molecule has 2 aliphatic heterocycles. The number of fused-ring (bicyclic) bond motifs is 1. The summed E-state index contributed by atoms with van der Waals surface area (Å²) in [4.78, 5) is 24.5. The summed E-state index contributed by atoms with van der Waals surface area (Å²) in [6, 6.07) is 7.02. The number of hydrogen-bond acceptors (Lipinski definition) is 6. The van der Waals surface area contributed by atoms with Gasteiger partial charge in [-0.15, -0.1) is 0 Å². The normalized spacial score (nSPS) is 20.2. The number of morpholine rings is 1. The van der Waals surface area contributed by atoms with Crippen LogP contribution in [-0.2, 0) is 22.3 Å². The van der Waals surface area contributed by atoms with Crippen LogP contribution >= 0.6 is 0 Å². The van der Waals surface area contributed by atoms with Crippen molar-refractivity contribution in [3.63, 3.8) is 0 Å². The van der Waals surface area contributed by atoms with Crippen molar-refractivity contribution in [2.45, 2.75) is 31.6 Å². The summed E-state index contributed by atoms with van der Waals surface area (Å²) in [6.07, 6.45) is 1.14. The molecular formula is C25H29F3N6O2. The first-order valence-corrected chi connectivity index (χ1v) is 12.1. The third-order valence-electron chi connectivity index (χ3n) is 7.10. The average molecular weight is 503 g/mol. The maximum absolute atomic E-state index is 13.0. The lowest BCUT2D eigenvalue weighted by molar-refractivity contribution is -0.137. The number of amides is 1. The second kappa shape index (κ2) is 10.1. The van der Waals surface area contributed by atoms with E-state index < -0.39 is 11.7 Å². The summed E-state index contributed by atoms with van der Waals surface area (Å²) < 4.78 is 47.0. The molecule has 0 saturated carbocycles. The molecular weight excluding hydrogens is 473 g/mol. The third kappa shape index (κ3) is 5.17. The zero-order valence-corrected chi connectivity index (χ0v) is 19.8. The van der Waals surface area contributed by atoms with E-state index in [0.29, 0.717) is 32.2 Å². The van der Waals surface area contributed by atoms with Crippen LogP contribution < -0.4 is 10.6 Å². The number of likely N-dealkylation sites (tertiary alicyclic amines) is 1. The van der Waals surface area contributed by atoms with E-state index in [0.717, 1.165) is 67.0 Å². The van der Waals surface area contributed by atoms with Gasteiger partial charge in [0.05, 0.1) is 36.8 Å². The Morgan fingerprint density at radius 2 is 1.83 bits per heavy atom. The second-order valence-electron chi connectivity index (χ2n) is 9.49.